The fourth-order valence-corrected chi connectivity index (χ4v) is 2.61. The quantitative estimate of drug-likeness (QED) is 0.615. The molecule has 2 fully saturated rings. The number of fused-ring (bicyclic) bond motifs is 1. The van der Waals surface area contributed by atoms with Crippen LogP contribution < -0.4 is 0 Å². The Morgan fingerprint density at radius 2 is 2.20 bits per heavy atom. The summed E-state index contributed by atoms with van der Waals surface area (Å²) in [7, 11) is 0. The van der Waals surface area contributed by atoms with Gasteiger partial charge in [0.05, 0.1) is 18.8 Å². The van der Waals surface area contributed by atoms with Crippen molar-refractivity contribution < 1.29 is 9.53 Å². The van der Waals surface area contributed by atoms with Crippen molar-refractivity contribution in [2.24, 2.45) is 0 Å². The van der Waals surface area contributed by atoms with Crippen molar-refractivity contribution in [2.75, 3.05) is 13.2 Å². The summed E-state index contributed by atoms with van der Waals surface area (Å²) in [6, 6.07) is 0.330. The first-order valence-corrected chi connectivity index (χ1v) is 5.88. The molecule has 2 unspecified atom stereocenters. The Balaban J connectivity index is 2.06. The average molecular weight is 209 g/mol. The van der Waals surface area contributed by atoms with Crippen molar-refractivity contribution in [3.8, 4) is 0 Å². The summed E-state index contributed by atoms with van der Waals surface area (Å²) >= 11 is 0. The number of hydrogen-bond donors (Lipinski definition) is 0. The second-order valence-electron chi connectivity index (χ2n) is 4.29. The van der Waals surface area contributed by atoms with E-state index in [1.807, 2.05) is 17.9 Å². The molecule has 1 heterocycles. The summed E-state index contributed by atoms with van der Waals surface area (Å²) in [5, 5.41) is 0. The Hall–Kier alpha value is -0.830. The summed E-state index contributed by atoms with van der Waals surface area (Å²) in [6.07, 6.45) is 8.46. The molecule has 2 aliphatic rings. The highest BCUT2D eigenvalue weighted by atomic mass is 16.5. The number of amides is 1. The summed E-state index contributed by atoms with van der Waals surface area (Å²) in [5.41, 5.74) is 0. The van der Waals surface area contributed by atoms with Gasteiger partial charge in [-0.15, -0.1) is 0 Å². The van der Waals surface area contributed by atoms with Crippen LogP contribution in [0.1, 0.15) is 32.6 Å². The second kappa shape index (κ2) is 4.79. The number of allylic oxidation sites excluding steroid dienone is 1. The SMILES string of the molecule is CC=CC(=O)N1CCOC2CCCCC21. The van der Waals surface area contributed by atoms with Crippen molar-refractivity contribution in [3.05, 3.63) is 12.2 Å². The van der Waals surface area contributed by atoms with E-state index < -0.39 is 0 Å². The fourth-order valence-electron chi connectivity index (χ4n) is 2.61. The van der Waals surface area contributed by atoms with Crippen LogP contribution in [0.3, 0.4) is 0 Å². The normalized spacial score (nSPS) is 31.7. The standard InChI is InChI=1S/C12H19NO2/c1-2-5-12(14)13-8-9-15-11-7-4-3-6-10(11)13/h2,5,10-11H,3-4,6-9H2,1H3. The van der Waals surface area contributed by atoms with Gasteiger partial charge in [0.15, 0.2) is 0 Å². The van der Waals surface area contributed by atoms with E-state index in [9.17, 15) is 4.79 Å². The van der Waals surface area contributed by atoms with Gasteiger partial charge in [-0.25, -0.2) is 0 Å². The number of morpholine rings is 1. The number of ether oxygens (including phenoxy) is 1. The lowest BCUT2D eigenvalue weighted by Gasteiger charge is -2.43. The minimum atomic E-state index is 0.151. The second-order valence-corrected chi connectivity index (χ2v) is 4.29. The zero-order chi connectivity index (χ0) is 10.7. The largest absolute Gasteiger partial charge is 0.374 e. The molecular weight excluding hydrogens is 190 g/mol. The minimum Gasteiger partial charge on any atom is -0.374 e. The zero-order valence-corrected chi connectivity index (χ0v) is 9.32. The molecule has 0 radical (unpaired) electrons. The highest BCUT2D eigenvalue weighted by molar-refractivity contribution is 5.87. The van der Waals surface area contributed by atoms with Crippen LogP contribution in [0.2, 0.25) is 0 Å². The van der Waals surface area contributed by atoms with E-state index in [0.29, 0.717) is 18.8 Å². The summed E-state index contributed by atoms with van der Waals surface area (Å²) in [6.45, 7) is 3.34. The van der Waals surface area contributed by atoms with E-state index in [-0.39, 0.29) is 5.91 Å². The predicted octanol–water partition coefficient (Wildman–Crippen LogP) is 1.73. The monoisotopic (exact) mass is 209 g/mol. The predicted molar refractivity (Wildman–Crippen MR) is 58.5 cm³/mol. The van der Waals surface area contributed by atoms with Crippen LogP contribution in [0, 0.1) is 0 Å². The average Bonchev–Trinajstić information content (AvgIpc) is 2.28. The molecule has 0 N–H and O–H groups in total. The molecule has 0 spiro atoms. The molecule has 1 aliphatic carbocycles. The van der Waals surface area contributed by atoms with E-state index in [0.717, 1.165) is 19.4 Å². The smallest absolute Gasteiger partial charge is 0.246 e. The molecule has 84 valence electrons. The van der Waals surface area contributed by atoms with Gasteiger partial charge in [-0.05, 0) is 25.8 Å². The van der Waals surface area contributed by atoms with Crippen LogP contribution in [-0.2, 0) is 9.53 Å². The van der Waals surface area contributed by atoms with Gasteiger partial charge in [0.25, 0.3) is 0 Å². The van der Waals surface area contributed by atoms with Gasteiger partial charge in [0.1, 0.15) is 0 Å². The molecule has 1 saturated heterocycles. The first-order valence-electron chi connectivity index (χ1n) is 5.88. The molecule has 1 amide bonds. The maximum Gasteiger partial charge on any atom is 0.246 e. The maximum atomic E-state index is 11.8. The lowest BCUT2D eigenvalue weighted by atomic mass is 9.90. The highest BCUT2D eigenvalue weighted by Gasteiger charge is 2.35. The Kier molecular flexibility index (Phi) is 3.41. The van der Waals surface area contributed by atoms with E-state index in [4.69, 9.17) is 4.74 Å². The van der Waals surface area contributed by atoms with Gasteiger partial charge in [0, 0.05) is 6.54 Å². The number of nitrogens with zero attached hydrogens (tertiary/aromatic N) is 1. The third-order valence-corrected chi connectivity index (χ3v) is 3.32. The van der Waals surface area contributed by atoms with E-state index >= 15 is 0 Å². The van der Waals surface area contributed by atoms with E-state index in [1.54, 1.807) is 6.08 Å². The Morgan fingerprint density at radius 1 is 1.40 bits per heavy atom. The van der Waals surface area contributed by atoms with Crippen molar-refractivity contribution in [1.82, 2.24) is 4.90 Å². The van der Waals surface area contributed by atoms with Gasteiger partial charge in [-0.2, -0.15) is 0 Å². The third kappa shape index (κ3) is 2.23. The first kappa shape index (κ1) is 10.7. The molecule has 15 heavy (non-hydrogen) atoms. The van der Waals surface area contributed by atoms with Gasteiger partial charge >= 0.3 is 0 Å². The van der Waals surface area contributed by atoms with Crippen LogP contribution in [0.25, 0.3) is 0 Å². The van der Waals surface area contributed by atoms with E-state index in [2.05, 4.69) is 0 Å². The highest BCUT2D eigenvalue weighted by Crippen LogP contribution is 2.28. The molecular formula is C12H19NO2. The summed E-state index contributed by atoms with van der Waals surface area (Å²) in [4.78, 5) is 13.8. The molecule has 0 aromatic heterocycles. The lowest BCUT2D eigenvalue weighted by molar-refractivity contribution is -0.144. The molecule has 3 nitrogen and oxygen atoms in total. The van der Waals surface area contributed by atoms with Crippen molar-refractivity contribution in [1.29, 1.82) is 0 Å². The third-order valence-electron chi connectivity index (χ3n) is 3.32. The van der Waals surface area contributed by atoms with Crippen LogP contribution in [-0.4, -0.2) is 36.1 Å². The van der Waals surface area contributed by atoms with Crippen molar-refractivity contribution in [3.63, 3.8) is 0 Å². The Bertz CT molecular complexity index is 260. The molecule has 3 heteroatoms. The molecule has 1 aliphatic heterocycles. The van der Waals surface area contributed by atoms with Crippen LogP contribution in [0.5, 0.6) is 0 Å². The van der Waals surface area contributed by atoms with Gasteiger partial charge < -0.3 is 9.64 Å². The number of carbonyl (C=O) groups excluding carboxylic acids is 1. The van der Waals surface area contributed by atoms with Gasteiger partial charge in [-0.3, -0.25) is 4.79 Å². The molecule has 0 aromatic rings. The van der Waals surface area contributed by atoms with Gasteiger partial charge in [0.2, 0.25) is 5.91 Å². The lowest BCUT2D eigenvalue weighted by Crippen LogP contribution is -2.54. The van der Waals surface area contributed by atoms with Crippen LogP contribution in [0.15, 0.2) is 12.2 Å². The topological polar surface area (TPSA) is 29.5 Å². The molecule has 2 rings (SSSR count). The van der Waals surface area contributed by atoms with Crippen LogP contribution in [0.4, 0.5) is 0 Å². The zero-order valence-electron chi connectivity index (χ0n) is 9.32. The van der Waals surface area contributed by atoms with Gasteiger partial charge in [-0.1, -0.05) is 18.9 Å². The number of carbonyl (C=O) groups is 1. The maximum absolute atomic E-state index is 11.8. The number of rotatable bonds is 1. The van der Waals surface area contributed by atoms with Crippen molar-refractivity contribution >= 4 is 5.91 Å². The summed E-state index contributed by atoms with van der Waals surface area (Å²) in [5.74, 6) is 0.151. The molecule has 0 bridgehead atoms. The molecule has 1 saturated carbocycles. The molecule has 2 atom stereocenters. The fraction of sp³-hybridized carbons (Fsp3) is 0.750. The van der Waals surface area contributed by atoms with Crippen LogP contribution >= 0.6 is 0 Å². The Morgan fingerprint density at radius 3 is 3.00 bits per heavy atom. The molecule has 0 aromatic carbocycles. The summed E-state index contributed by atoms with van der Waals surface area (Å²) < 4.78 is 5.72. The Labute approximate surface area is 91.1 Å². The first-order chi connectivity index (χ1) is 7.33. The minimum absolute atomic E-state index is 0.151. The van der Waals surface area contributed by atoms with E-state index in [1.165, 1.54) is 12.8 Å². The number of hydrogen-bond acceptors (Lipinski definition) is 2. The van der Waals surface area contributed by atoms with Crippen molar-refractivity contribution in [2.45, 2.75) is 44.8 Å².